The lowest BCUT2D eigenvalue weighted by Crippen LogP contribution is -2.26. The van der Waals surface area contributed by atoms with Gasteiger partial charge in [-0.1, -0.05) is 39.8 Å². The van der Waals surface area contributed by atoms with Gasteiger partial charge in [-0.15, -0.1) is 0 Å². The Bertz CT molecular complexity index is 874. The highest BCUT2D eigenvalue weighted by molar-refractivity contribution is 5.75. The van der Waals surface area contributed by atoms with Crippen LogP contribution >= 0.6 is 0 Å². The van der Waals surface area contributed by atoms with Gasteiger partial charge in [-0.2, -0.15) is 0 Å². The zero-order chi connectivity index (χ0) is 21.1. The van der Waals surface area contributed by atoms with Gasteiger partial charge in [0.25, 0.3) is 0 Å². The van der Waals surface area contributed by atoms with Gasteiger partial charge in [0.15, 0.2) is 0 Å². The number of carboxylic acids is 1. The third-order valence-electron chi connectivity index (χ3n) is 4.96. The van der Waals surface area contributed by atoms with E-state index in [1.807, 2.05) is 32.0 Å². The summed E-state index contributed by atoms with van der Waals surface area (Å²) < 4.78 is 17.0. The van der Waals surface area contributed by atoms with Crippen molar-refractivity contribution in [2.24, 2.45) is 5.73 Å². The van der Waals surface area contributed by atoms with E-state index in [-0.39, 0.29) is 13.0 Å². The maximum atomic E-state index is 11.4. The smallest absolute Gasteiger partial charge is 0.308 e. The lowest BCUT2D eigenvalue weighted by atomic mass is 9.74. The molecule has 152 valence electrons. The number of carbonyl (C=O) groups is 1. The van der Waals surface area contributed by atoms with Crippen LogP contribution in [-0.4, -0.2) is 25.3 Å². The molecule has 0 atom stereocenters. The van der Waals surface area contributed by atoms with Crippen LogP contribution in [0.5, 0.6) is 23.0 Å². The number of ether oxygens (including phenoxy) is 3. The number of hydrogen-bond acceptors (Lipinski definition) is 5. The summed E-state index contributed by atoms with van der Waals surface area (Å²) in [7, 11) is 3.10. The molecular formula is C22H29NO5. The SMILES string of the molecule is CC.COc1ccc2c(c1CN)Oc1c(ccc(OC)c1CC(=O)O)C2(C)C. The second-order valence-corrected chi connectivity index (χ2v) is 6.75. The Kier molecular flexibility index (Phi) is 6.56. The summed E-state index contributed by atoms with van der Waals surface area (Å²) in [5, 5.41) is 9.35. The second kappa shape index (κ2) is 8.52. The summed E-state index contributed by atoms with van der Waals surface area (Å²) in [6, 6.07) is 7.57. The Morgan fingerprint density at radius 3 is 1.89 bits per heavy atom. The van der Waals surface area contributed by atoms with Gasteiger partial charge in [-0.05, 0) is 12.1 Å². The van der Waals surface area contributed by atoms with E-state index in [9.17, 15) is 9.90 Å². The zero-order valence-electron chi connectivity index (χ0n) is 17.4. The van der Waals surface area contributed by atoms with Crippen molar-refractivity contribution < 1.29 is 24.1 Å². The summed E-state index contributed by atoms with van der Waals surface area (Å²) in [5.41, 5.74) is 8.73. The molecule has 0 saturated heterocycles. The van der Waals surface area contributed by atoms with Gasteiger partial charge in [0, 0.05) is 28.7 Å². The number of hydrogen-bond donors (Lipinski definition) is 2. The van der Waals surface area contributed by atoms with Crippen molar-refractivity contribution >= 4 is 5.97 Å². The fourth-order valence-corrected chi connectivity index (χ4v) is 3.58. The van der Waals surface area contributed by atoms with Crippen LogP contribution in [0.3, 0.4) is 0 Å². The minimum atomic E-state index is -0.950. The third-order valence-corrected chi connectivity index (χ3v) is 4.96. The summed E-state index contributed by atoms with van der Waals surface area (Å²) in [5.74, 6) is 1.33. The van der Waals surface area contributed by atoms with Crippen molar-refractivity contribution in [2.75, 3.05) is 14.2 Å². The van der Waals surface area contributed by atoms with Gasteiger partial charge in [-0.25, -0.2) is 0 Å². The number of aliphatic carboxylic acids is 1. The largest absolute Gasteiger partial charge is 0.496 e. The molecule has 3 rings (SSSR count). The van der Waals surface area contributed by atoms with Gasteiger partial charge in [0.05, 0.1) is 26.2 Å². The molecule has 6 heteroatoms. The third kappa shape index (κ3) is 3.52. The minimum Gasteiger partial charge on any atom is -0.496 e. The van der Waals surface area contributed by atoms with E-state index in [0.29, 0.717) is 28.6 Å². The van der Waals surface area contributed by atoms with E-state index in [1.54, 1.807) is 13.2 Å². The normalized spacial score (nSPS) is 13.2. The van der Waals surface area contributed by atoms with Crippen LogP contribution in [0.25, 0.3) is 0 Å². The van der Waals surface area contributed by atoms with Crippen molar-refractivity contribution in [1.82, 2.24) is 0 Å². The number of carboxylic acid groups (broad SMARTS) is 1. The quantitative estimate of drug-likeness (QED) is 0.797. The molecule has 0 fully saturated rings. The second-order valence-electron chi connectivity index (χ2n) is 6.75. The number of methoxy groups -OCH3 is 2. The van der Waals surface area contributed by atoms with Gasteiger partial charge in [0.1, 0.15) is 23.0 Å². The Morgan fingerprint density at radius 2 is 1.46 bits per heavy atom. The Morgan fingerprint density at radius 1 is 1.00 bits per heavy atom. The first-order chi connectivity index (χ1) is 13.3. The topological polar surface area (TPSA) is 91.0 Å². The van der Waals surface area contributed by atoms with E-state index in [1.165, 1.54) is 7.11 Å². The highest BCUT2D eigenvalue weighted by atomic mass is 16.5. The molecule has 0 spiro atoms. The summed E-state index contributed by atoms with van der Waals surface area (Å²) in [6.07, 6.45) is -0.195. The number of rotatable bonds is 5. The molecule has 0 saturated carbocycles. The van der Waals surface area contributed by atoms with E-state index in [2.05, 4.69) is 13.8 Å². The van der Waals surface area contributed by atoms with E-state index < -0.39 is 11.4 Å². The van der Waals surface area contributed by atoms with Crippen LogP contribution in [0, 0.1) is 0 Å². The first kappa shape index (κ1) is 21.6. The molecule has 0 aliphatic carbocycles. The Balaban J connectivity index is 0.00000136. The molecule has 28 heavy (non-hydrogen) atoms. The molecule has 0 bridgehead atoms. The maximum absolute atomic E-state index is 11.4. The van der Waals surface area contributed by atoms with Crippen LogP contribution in [0.15, 0.2) is 24.3 Å². The lowest BCUT2D eigenvalue weighted by molar-refractivity contribution is -0.136. The molecule has 3 N–H and O–H groups in total. The van der Waals surface area contributed by atoms with Crippen molar-refractivity contribution in [3.63, 3.8) is 0 Å². The molecule has 1 aliphatic heterocycles. The molecule has 2 aromatic carbocycles. The fourth-order valence-electron chi connectivity index (χ4n) is 3.58. The average Bonchev–Trinajstić information content (AvgIpc) is 2.68. The molecule has 0 unspecified atom stereocenters. The van der Waals surface area contributed by atoms with Crippen molar-refractivity contribution in [2.45, 2.75) is 46.1 Å². The van der Waals surface area contributed by atoms with Gasteiger partial charge in [-0.3, -0.25) is 4.79 Å². The monoisotopic (exact) mass is 387 g/mol. The van der Waals surface area contributed by atoms with Gasteiger partial charge >= 0.3 is 5.97 Å². The van der Waals surface area contributed by atoms with E-state index >= 15 is 0 Å². The van der Waals surface area contributed by atoms with Gasteiger partial charge in [0.2, 0.25) is 0 Å². The van der Waals surface area contributed by atoms with Crippen molar-refractivity contribution in [3.05, 3.63) is 46.5 Å². The van der Waals surface area contributed by atoms with Crippen LogP contribution < -0.4 is 19.9 Å². The van der Waals surface area contributed by atoms with Crippen LogP contribution in [0.4, 0.5) is 0 Å². The van der Waals surface area contributed by atoms with Crippen molar-refractivity contribution in [3.8, 4) is 23.0 Å². The average molecular weight is 387 g/mol. The summed E-state index contributed by atoms with van der Waals surface area (Å²) in [4.78, 5) is 11.4. The van der Waals surface area contributed by atoms with E-state index in [4.69, 9.17) is 19.9 Å². The molecular weight excluding hydrogens is 358 g/mol. The number of benzene rings is 2. The molecule has 2 aromatic rings. The summed E-state index contributed by atoms with van der Waals surface area (Å²) >= 11 is 0. The molecule has 6 nitrogen and oxygen atoms in total. The van der Waals surface area contributed by atoms with E-state index in [0.717, 1.165) is 16.7 Å². The van der Waals surface area contributed by atoms with Crippen LogP contribution in [0.1, 0.15) is 49.9 Å². The standard InChI is InChI=1S/C20H23NO5.C2H6/c1-20(2)13-5-7-15(24-3)11(9-17(22)23)18(13)26-19-12(10-21)16(25-4)8-6-14(19)20;1-2/h5-8H,9-10,21H2,1-4H3,(H,22,23);1-2H3. The highest BCUT2D eigenvalue weighted by Crippen LogP contribution is 2.53. The predicted molar refractivity (Wildman–Crippen MR) is 109 cm³/mol. The summed E-state index contributed by atoms with van der Waals surface area (Å²) in [6.45, 7) is 8.41. The predicted octanol–water partition coefficient (Wildman–Crippen LogP) is 4.25. The molecule has 0 radical (unpaired) electrons. The maximum Gasteiger partial charge on any atom is 0.308 e. The first-order valence-electron chi connectivity index (χ1n) is 9.35. The minimum absolute atomic E-state index is 0.195. The highest BCUT2D eigenvalue weighted by Gasteiger charge is 2.38. The molecule has 0 amide bonds. The van der Waals surface area contributed by atoms with Crippen LogP contribution in [0.2, 0.25) is 0 Å². The molecule has 1 heterocycles. The number of fused-ring (bicyclic) bond motifs is 2. The number of nitrogens with two attached hydrogens (primary N) is 1. The zero-order valence-corrected chi connectivity index (χ0v) is 17.4. The molecule has 1 aliphatic rings. The Hall–Kier alpha value is -2.73. The van der Waals surface area contributed by atoms with Crippen LogP contribution in [-0.2, 0) is 23.2 Å². The fraction of sp³-hybridized carbons (Fsp3) is 0.409. The molecule has 0 aromatic heterocycles. The van der Waals surface area contributed by atoms with Crippen molar-refractivity contribution in [1.29, 1.82) is 0 Å². The van der Waals surface area contributed by atoms with Gasteiger partial charge < -0.3 is 25.1 Å². The lowest BCUT2D eigenvalue weighted by Gasteiger charge is -2.37. The Labute approximate surface area is 166 Å². The first-order valence-corrected chi connectivity index (χ1v) is 9.35.